The number of hydrogen-bond acceptors (Lipinski definition) is 4. The fraction of sp³-hybridized carbons (Fsp3) is 0.0769. The summed E-state index contributed by atoms with van der Waals surface area (Å²) in [6.07, 6.45) is 6.67. The molecule has 1 aromatic carbocycles. The quantitative estimate of drug-likeness (QED) is 0.746. The summed E-state index contributed by atoms with van der Waals surface area (Å²) in [6.45, 7) is 0.700. The first-order valence-corrected chi connectivity index (χ1v) is 6.03. The number of aromatic amines is 1. The van der Waals surface area contributed by atoms with Gasteiger partial charge < -0.3 is 9.88 Å². The normalized spacial score (nSPS) is 10.4. The number of benzene rings is 1. The van der Waals surface area contributed by atoms with Crippen molar-refractivity contribution in [2.24, 2.45) is 0 Å². The van der Waals surface area contributed by atoms with Gasteiger partial charge in [0.2, 0.25) is 5.82 Å². The molecule has 0 atom stereocenters. The van der Waals surface area contributed by atoms with Gasteiger partial charge in [-0.1, -0.05) is 12.1 Å². The average molecular weight is 268 g/mol. The highest BCUT2D eigenvalue weighted by Gasteiger charge is 2.08. The first-order chi connectivity index (χ1) is 9.81. The van der Waals surface area contributed by atoms with Gasteiger partial charge in [-0.25, -0.2) is 9.97 Å². The van der Waals surface area contributed by atoms with Gasteiger partial charge in [0.1, 0.15) is 6.33 Å². The Kier molecular flexibility index (Phi) is 3.24. The zero-order chi connectivity index (χ0) is 13.8. The van der Waals surface area contributed by atoms with Crippen molar-refractivity contribution in [3.05, 3.63) is 60.7 Å². The summed E-state index contributed by atoms with van der Waals surface area (Å²) in [4.78, 5) is 19.6. The molecule has 0 bridgehead atoms. The summed E-state index contributed by atoms with van der Waals surface area (Å²) in [5.41, 5.74) is 1.78. The van der Waals surface area contributed by atoms with Gasteiger partial charge in [-0.3, -0.25) is 9.89 Å². The SMILES string of the molecule is O=C(Nc1cccc(Cn2ccnc2)c1)c1ncn[nH]1. The lowest BCUT2D eigenvalue weighted by Gasteiger charge is -2.06. The minimum absolute atomic E-state index is 0.185. The van der Waals surface area contributed by atoms with Gasteiger partial charge in [-0.05, 0) is 17.7 Å². The summed E-state index contributed by atoms with van der Waals surface area (Å²) < 4.78 is 1.96. The van der Waals surface area contributed by atoms with E-state index in [0.29, 0.717) is 12.2 Å². The van der Waals surface area contributed by atoms with Crippen LogP contribution >= 0.6 is 0 Å². The van der Waals surface area contributed by atoms with Crippen LogP contribution in [-0.4, -0.2) is 30.6 Å². The molecule has 2 N–H and O–H groups in total. The van der Waals surface area contributed by atoms with Crippen molar-refractivity contribution in [2.45, 2.75) is 6.54 Å². The van der Waals surface area contributed by atoms with Crippen LogP contribution in [0.3, 0.4) is 0 Å². The second-order valence-electron chi connectivity index (χ2n) is 4.22. The molecule has 0 spiro atoms. The van der Waals surface area contributed by atoms with Gasteiger partial charge >= 0.3 is 0 Å². The second kappa shape index (κ2) is 5.35. The minimum atomic E-state index is -0.317. The number of H-pyrrole nitrogens is 1. The predicted molar refractivity (Wildman–Crippen MR) is 72.1 cm³/mol. The van der Waals surface area contributed by atoms with E-state index in [1.807, 2.05) is 35.0 Å². The number of anilines is 1. The van der Waals surface area contributed by atoms with Crippen LogP contribution in [0.25, 0.3) is 0 Å². The molecule has 7 heteroatoms. The highest BCUT2D eigenvalue weighted by Crippen LogP contribution is 2.12. The fourth-order valence-corrected chi connectivity index (χ4v) is 1.84. The summed E-state index contributed by atoms with van der Waals surface area (Å²) in [5.74, 6) is -0.132. The highest BCUT2D eigenvalue weighted by molar-refractivity contribution is 6.01. The lowest BCUT2D eigenvalue weighted by molar-refractivity contribution is 0.101. The third-order valence-corrected chi connectivity index (χ3v) is 2.74. The largest absolute Gasteiger partial charge is 0.333 e. The Balaban J connectivity index is 1.73. The van der Waals surface area contributed by atoms with Crippen molar-refractivity contribution in [1.82, 2.24) is 24.7 Å². The van der Waals surface area contributed by atoms with Crippen molar-refractivity contribution in [2.75, 3.05) is 5.32 Å². The molecule has 3 rings (SSSR count). The monoisotopic (exact) mass is 268 g/mol. The third kappa shape index (κ3) is 2.72. The van der Waals surface area contributed by atoms with Crippen LogP contribution in [-0.2, 0) is 6.54 Å². The van der Waals surface area contributed by atoms with Crippen molar-refractivity contribution >= 4 is 11.6 Å². The summed E-state index contributed by atoms with van der Waals surface area (Å²) >= 11 is 0. The molecule has 0 aliphatic heterocycles. The zero-order valence-corrected chi connectivity index (χ0v) is 10.5. The number of hydrogen-bond donors (Lipinski definition) is 2. The minimum Gasteiger partial charge on any atom is -0.333 e. The number of nitrogens with one attached hydrogen (secondary N) is 2. The number of carbonyl (C=O) groups excluding carboxylic acids is 1. The van der Waals surface area contributed by atoms with Gasteiger partial charge in [0.05, 0.1) is 6.33 Å². The fourth-order valence-electron chi connectivity index (χ4n) is 1.84. The number of imidazole rings is 1. The maximum Gasteiger partial charge on any atom is 0.292 e. The molecule has 100 valence electrons. The van der Waals surface area contributed by atoms with Crippen molar-refractivity contribution < 1.29 is 4.79 Å². The Morgan fingerprint density at radius 3 is 3.10 bits per heavy atom. The van der Waals surface area contributed by atoms with E-state index in [-0.39, 0.29) is 11.7 Å². The van der Waals surface area contributed by atoms with Crippen LogP contribution in [0.4, 0.5) is 5.69 Å². The summed E-state index contributed by atoms with van der Waals surface area (Å²) in [7, 11) is 0. The smallest absolute Gasteiger partial charge is 0.292 e. The van der Waals surface area contributed by atoms with Crippen molar-refractivity contribution in [3.63, 3.8) is 0 Å². The van der Waals surface area contributed by atoms with Gasteiger partial charge in [0, 0.05) is 24.6 Å². The Hall–Kier alpha value is -2.96. The molecular formula is C13H12N6O. The molecule has 3 aromatic rings. The van der Waals surface area contributed by atoms with Crippen LogP contribution in [0.15, 0.2) is 49.3 Å². The van der Waals surface area contributed by atoms with E-state index in [1.165, 1.54) is 6.33 Å². The first kappa shape index (κ1) is 12.1. The van der Waals surface area contributed by atoms with Crippen LogP contribution in [0, 0.1) is 0 Å². The standard InChI is InChI=1S/C13H12N6O/c20-13(12-15-8-16-18-12)17-11-3-1-2-10(6-11)7-19-5-4-14-9-19/h1-6,8-9H,7H2,(H,17,20)(H,15,16,18). The van der Waals surface area contributed by atoms with Gasteiger partial charge in [0.25, 0.3) is 5.91 Å². The van der Waals surface area contributed by atoms with E-state index in [0.717, 1.165) is 5.56 Å². The topological polar surface area (TPSA) is 88.5 Å². The van der Waals surface area contributed by atoms with E-state index in [1.54, 1.807) is 12.5 Å². The molecule has 0 fully saturated rings. The van der Waals surface area contributed by atoms with Gasteiger partial charge in [-0.2, -0.15) is 5.10 Å². The van der Waals surface area contributed by atoms with Gasteiger partial charge in [-0.15, -0.1) is 0 Å². The van der Waals surface area contributed by atoms with E-state index in [9.17, 15) is 4.79 Å². The van der Waals surface area contributed by atoms with E-state index in [2.05, 4.69) is 25.5 Å². The van der Waals surface area contributed by atoms with Gasteiger partial charge in [0.15, 0.2) is 0 Å². The number of rotatable bonds is 4. The number of nitrogens with zero attached hydrogens (tertiary/aromatic N) is 4. The number of aromatic nitrogens is 5. The Bertz CT molecular complexity index is 689. The summed E-state index contributed by atoms with van der Waals surface area (Å²) in [5, 5.41) is 8.93. The molecule has 0 saturated carbocycles. The molecule has 0 saturated heterocycles. The van der Waals surface area contributed by atoms with Crippen LogP contribution in [0.2, 0.25) is 0 Å². The van der Waals surface area contributed by atoms with Crippen LogP contribution < -0.4 is 5.32 Å². The molecule has 0 radical (unpaired) electrons. The Labute approximate surface area is 114 Å². The summed E-state index contributed by atoms with van der Waals surface area (Å²) in [6, 6.07) is 7.62. The molecule has 20 heavy (non-hydrogen) atoms. The maximum absolute atomic E-state index is 11.8. The maximum atomic E-state index is 11.8. The Morgan fingerprint density at radius 1 is 1.40 bits per heavy atom. The highest BCUT2D eigenvalue weighted by atomic mass is 16.2. The van der Waals surface area contributed by atoms with E-state index >= 15 is 0 Å². The molecule has 1 amide bonds. The molecule has 0 unspecified atom stereocenters. The second-order valence-corrected chi connectivity index (χ2v) is 4.22. The molecule has 7 nitrogen and oxygen atoms in total. The number of carbonyl (C=O) groups is 1. The molecule has 0 aliphatic carbocycles. The third-order valence-electron chi connectivity index (χ3n) is 2.74. The molecular weight excluding hydrogens is 256 g/mol. The van der Waals surface area contributed by atoms with Crippen LogP contribution in [0.1, 0.15) is 16.2 Å². The van der Waals surface area contributed by atoms with Crippen molar-refractivity contribution in [1.29, 1.82) is 0 Å². The zero-order valence-electron chi connectivity index (χ0n) is 10.5. The lowest BCUT2D eigenvalue weighted by atomic mass is 10.2. The van der Waals surface area contributed by atoms with E-state index in [4.69, 9.17) is 0 Å². The lowest BCUT2D eigenvalue weighted by Crippen LogP contribution is -2.14. The average Bonchev–Trinajstić information content (AvgIpc) is 3.12. The molecule has 2 aromatic heterocycles. The van der Waals surface area contributed by atoms with Crippen LogP contribution in [0.5, 0.6) is 0 Å². The molecule has 2 heterocycles. The van der Waals surface area contributed by atoms with E-state index < -0.39 is 0 Å². The van der Waals surface area contributed by atoms with Crippen molar-refractivity contribution in [3.8, 4) is 0 Å². The Morgan fingerprint density at radius 2 is 2.35 bits per heavy atom. The predicted octanol–water partition coefficient (Wildman–Crippen LogP) is 1.30. The number of amides is 1. The molecule has 0 aliphatic rings. The first-order valence-electron chi connectivity index (χ1n) is 6.03.